The highest BCUT2D eigenvalue weighted by Crippen LogP contribution is 2.40. The standard InChI is InChI=1S/C19H21NO/c21-19(16-10-9-13-4-1-6-15(13)12-16)17-8-2-5-14-7-3-11-20-18(14)17/h3,7,9-12,17,19,21H,1-2,4-6,8H2. The third-order valence-corrected chi connectivity index (χ3v) is 5.08. The maximum Gasteiger partial charge on any atom is 0.0873 e. The van der Waals surface area contributed by atoms with Crippen molar-refractivity contribution in [3.63, 3.8) is 0 Å². The lowest BCUT2D eigenvalue weighted by Gasteiger charge is -2.28. The smallest absolute Gasteiger partial charge is 0.0873 e. The number of hydrogen-bond donors (Lipinski definition) is 1. The first-order chi connectivity index (χ1) is 10.3. The summed E-state index contributed by atoms with van der Waals surface area (Å²) < 4.78 is 0. The number of aliphatic hydroxyl groups excluding tert-OH is 1. The molecule has 0 amide bonds. The highest BCUT2D eigenvalue weighted by Gasteiger charge is 2.29. The highest BCUT2D eigenvalue weighted by atomic mass is 16.3. The lowest BCUT2D eigenvalue weighted by molar-refractivity contribution is 0.134. The molecule has 108 valence electrons. The summed E-state index contributed by atoms with van der Waals surface area (Å²) in [5.74, 6) is 0.148. The molecule has 1 aromatic carbocycles. The highest BCUT2D eigenvalue weighted by molar-refractivity contribution is 5.38. The van der Waals surface area contributed by atoms with Crippen LogP contribution in [0.15, 0.2) is 36.5 Å². The average molecular weight is 279 g/mol. The zero-order chi connectivity index (χ0) is 14.2. The number of rotatable bonds is 2. The summed E-state index contributed by atoms with van der Waals surface area (Å²) in [6.07, 6.45) is 8.30. The molecule has 2 aliphatic rings. The quantitative estimate of drug-likeness (QED) is 0.908. The van der Waals surface area contributed by atoms with Gasteiger partial charge in [0.2, 0.25) is 0 Å². The fourth-order valence-corrected chi connectivity index (χ4v) is 3.96. The summed E-state index contributed by atoms with van der Waals surface area (Å²) in [5.41, 5.74) is 6.39. The molecule has 2 heteroatoms. The lowest BCUT2D eigenvalue weighted by Crippen LogP contribution is -2.18. The van der Waals surface area contributed by atoms with Crippen molar-refractivity contribution < 1.29 is 5.11 Å². The van der Waals surface area contributed by atoms with Gasteiger partial charge in [0, 0.05) is 17.8 Å². The van der Waals surface area contributed by atoms with Crippen molar-refractivity contribution in [3.8, 4) is 0 Å². The number of benzene rings is 1. The van der Waals surface area contributed by atoms with Crippen LogP contribution >= 0.6 is 0 Å². The second-order valence-corrected chi connectivity index (χ2v) is 6.37. The second-order valence-electron chi connectivity index (χ2n) is 6.37. The van der Waals surface area contributed by atoms with Gasteiger partial charge < -0.3 is 5.11 Å². The van der Waals surface area contributed by atoms with Crippen molar-refractivity contribution >= 4 is 0 Å². The van der Waals surface area contributed by atoms with Crippen LogP contribution in [0.25, 0.3) is 0 Å². The van der Waals surface area contributed by atoms with Crippen molar-refractivity contribution in [1.29, 1.82) is 0 Å². The first kappa shape index (κ1) is 13.0. The second kappa shape index (κ2) is 5.27. The minimum atomic E-state index is -0.426. The van der Waals surface area contributed by atoms with E-state index in [4.69, 9.17) is 0 Å². The average Bonchev–Trinajstić information content (AvgIpc) is 3.01. The predicted molar refractivity (Wildman–Crippen MR) is 83.3 cm³/mol. The Bertz CT molecular complexity index is 664. The molecule has 2 unspecified atom stereocenters. The normalized spacial score (nSPS) is 21.7. The van der Waals surface area contributed by atoms with E-state index < -0.39 is 6.10 Å². The molecule has 0 radical (unpaired) electrons. The Morgan fingerprint density at radius 1 is 1.00 bits per heavy atom. The van der Waals surface area contributed by atoms with Gasteiger partial charge in [-0.3, -0.25) is 4.98 Å². The molecule has 0 spiro atoms. The molecule has 1 heterocycles. The van der Waals surface area contributed by atoms with Crippen molar-refractivity contribution in [2.45, 2.75) is 50.5 Å². The van der Waals surface area contributed by atoms with Gasteiger partial charge in [-0.15, -0.1) is 0 Å². The van der Waals surface area contributed by atoms with Gasteiger partial charge in [0.1, 0.15) is 0 Å². The molecule has 0 fully saturated rings. The molecule has 2 nitrogen and oxygen atoms in total. The molecule has 0 saturated carbocycles. The Balaban J connectivity index is 1.68. The first-order valence-electron chi connectivity index (χ1n) is 8.06. The van der Waals surface area contributed by atoms with E-state index in [0.717, 1.165) is 36.9 Å². The summed E-state index contributed by atoms with van der Waals surface area (Å²) in [6.45, 7) is 0. The Hall–Kier alpha value is -1.67. The third kappa shape index (κ3) is 2.28. The molecular formula is C19H21NO. The molecule has 2 aromatic rings. The van der Waals surface area contributed by atoms with Gasteiger partial charge in [0.15, 0.2) is 0 Å². The molecule has 0 saturated heterocycles. The fourth-order valence-electron chi connectivity index (χ4n) is 3.96. The van der Waals surface area contributed by atoms with E-state index in [-0.39, 0.29) is 5.92 Å². The zero-order valence-corrected chi connectivity index (χ0v) is 12.3. The summed E-state index contributed by atoms with van der Waals surface area (Å²) in [5, 5.41) is 10.9. The van der Waals surface area contributed by atoms with Gasteiger partial charge in [-0.05, 0) is 66.8 Å². The van der Waals surface area contributed by atoms with Gasteiger partial charge >= 0.3 is 0 Å². The molecule has 1 aromatic heterocycles. The third-order valence-electron chi connectivity index (χ3n) is 5.08. The van der Waals surface area contributed by atoms with Crippen LogP contribution in [0.5, 0.6) is 0 Å². The van der Waals surface area contributed by atoms with Crippen LogP contribution in [0.1, 0.15) is 59.2 Å². The number of aliphatic hydroxyl groups is 1. The molecule has 4 rings (SSSR count). The first-order valence-corrected chi connectivity index (χ1v) is 8.06. The number of aromatic nitrogens is 1. The van der Waals surface area contributed by atoms with Gasteiger partial charge in [-0.25, -0.2) is 0 Å². The van der Waals surface area contributed by atoms with Gasteiger partial charge in [-0.1, -0.05) is 24.3 Å². The number of pyridine rings is 1. The van der Waals surface area contributed by atoms with E-state index in [9.17, 15) is 5.11 Å². The fraction of sp³-hybridized carbons (Fsp3) is 0.421. The largest absolute Gasteiger partial charge is 0.388 e. The Kier molecular flexibility index (Phi) is 3.27. The monoisotopic (exact) mass is 279 g/mol. The van der Waals surface area contributed by atoms with Crippen LogP contribution in [0.3, 0.4) is 0 Å². The SMILES string of the molecule is OC(c1ccc2c(c1)CCC2)C1CCCc2cccnc21. The van der Waals surface area contributed by atoms with Crippen LogP contribution < -0.4 is 0 Å². The van der Waals surface area contributed by atoms with Crippen LogP contribution in [0.2, 0.25) is 0 Å². The Morgan fingerprint density at radius 3 is 2.81 bits per heavy atom. The molecular weight excluding hydrogens is 258 g/mol. The molecule has 2 aliphatic carbocycles. The van der Waals surface area contributed by atoms with E-state index in [1.54, 1.807) is 0 Å². The topological polar surface area (TPSA) is 33.1 Å². The van der Waals surface area contributed by atoms with Gasteiger partial charge in [0.05, 0.1) is 6.10 Å². The van der Waals surface area contributed by atoms with Gasteiger partial charge in [0.25, 0.3) is 0 Å². The molecule has 2 atom stereocenters. The molecule has 0 bridgehead atoms. The van der Waals surface area contributed by atoms with Crippen LogP contribution in [0.4, 0.5) is 0 Å². The number of aryl methyl sites for hydroxylation is 3. The minimum absolute atomic E-state index is 0.148. The van der Waals surface area contributed by atoms with E-state index in [0.29, 0.717) is 0 Å². The number of hydrogen-bond acceptors (Lipinski definition) is 2. The summed E-state index contributed by atoms with van der Waals surface area (Å²) in [7, 11) is 0. The Morgan fingerprint density at radius 2 is 1.86 bits per heavy atom. The minimum Gasteiger partial charge on any atom is -0.388 e. The van der Waals surface area contributed by atoms with Gasteiger partial charge in [-0.2, -0.15) is 0 Å². The van der Waals surface area contributed by atoms with Crippen molar-refractivity contribution in [1.82, 2.24) is 4.98 Å². The summed E-state index contributed by atoms with van der Waals surface area (Å²) >= 11 is 0. The summed E-state index contributed by atoms with van der Waals surface area (Å²) in [6, 6.07) is 10.7. The number of fused-ring (bicyclic) bond motifs is 2. The van der Waals surface area contributed by atoms with Crippen LogP contribution in [0, 0.1) is 0 Å². The van der Waals surface area contributed by atoms with Crippen molar-refractivity contribution in [2.75, 3.05) is 0 Å². The van der Waals surface area contributed by atoms with Crippen molar-refractivity contribution in [2.24, 2.45) is 0 Å². The maximum atomic E-state index is 10.9. The van der Waals surface area contributed by atoms with E-state index in [2.05, 4.69) is 29.2 Å². The predicted octanol–water partition coefficient (Wildman–Crippen LogP) is 3.72. The summed E-state index contributed by atoms with van der Waals surface area (Å²) in [4.78, 5) is 4.56. The van der Waals surface area contributed by atoms with E-state index in [1.165, 1.54) is 29.5 Å². The zero-order valence-electron chi connectivity index (χ0n) is 12.3. The molecule has 21 heavy (non-hydrogen) atoms. The van der Waals surface area contributed by atoms with Crippen LogP contribution in [-0.2, 0) is 19.3 Å². The molecule has 1 N–H and O–H groups in total. The number of nitrogens with zero attached hydrogens (tertiary/aromatic N) is 1. The Labute approximate surface area is 125 Å². The maximum absolute atomic E-state index is 10.9. The van der Waals surface area contributed by atoms with E-state index >= 15 is 0 Å². The van der Waals surface area contributed by atoms with Crippen LogP contribution in [-0.4, -0.2) is 10.1 Å². The van der Waals surface area contributed by atoms with Crippen molar-refractivity contribution in [3.05, 3.63) is 64.5 Å². The molecule has 0 aliphatic heterocycles. The van der Waals surface area contributed by atoms with E-state index in [1.807, 2.05) is 12.3 Å². The lowest BCUT2D eigenvalue weighted by atomic mass is 9.80.